The minimum atomic E-state index is -0.506. The van der Waals surface area contributed by atoms with Crippen LogP contribution in [0.4, 0.5) is 0 Å². The van der Waals surface area contributed by atoms with Crippen molar-refractivity contribution in [1.82, 2.24) is 0 Å². The second kappa shape index (κ2) is 4.65. The van der Waals surface area contributed by atoms with Crippen LogP contribution in [0.1, 0.15) is 39.4 Å². The quantitative estimate of drug-likeness (QED) is 0.616. The highest BCUT2D eigenvalue weighted by atomic mass is 16.7. The van der Waals surface area contributed by atoms with Gasteiger partial charge < -0.3 is 14.0 Å². The molecule has 2 rings (SSSR count). The van der Waals surface area contributed by atoms with Crippen LogP contribution in [-0.2, 0) is 9.31 Å². The zero-order chi connectivity index (χ0) is 15.0. The molecular weight excluding hydrogens is 243 g/mol. The van der Waals surface area contributed by atoms with E-state index in [2.05, 4.69) is 0 Å². The molecule has 5 heteroatoms. The lowest BCUT2D eigenvalue weighted by atomic mass is 9.78. The van der Waals surface area contributed by atoms with Crippen molar-refractivity contribution in [1.29, 1.82) is 0 Å². The van der Waals surface area contributed by atoms with Gasteiger partial charge in [-0.15, -0.1) is 0 Å². The molecule has 102 valence electrons. The number of carbonyl (C=O) groups excluding carboxylic acids is 1. The number of carbonyl (C=O) groups is 1. The van der Waals surface area contributed by atoms with Crippen LogP contribution in [0.15, 0.2) is 18.2 Å². The Morgan fingerprint density at radius 3 is 2.42 bits per heavy atom. The van der Waals surface area contributed by atoms with Gasteiger partial charge in [-0.2, -0.15) is 0 Å². The van der Waals surface area contributed by atoms with Crippen molar-refractivity contribution in [3.8, 4) is 5.75 Å². The molecule has 0 aliphatic carbocycles. The lowest BCUT2D eigenvalue weighted by molar-refractivity contribution is 0.00578. The third-order valence-corrected chi connectivity index (χ3v) is 3.85. The molecule has 1 heterocycles. The fourth-order valence-corrected chi connectivity index (χ4v) is 1.90. The van der Waals surface area contributed by atoms with E-state index in [1.54, 1.807) is 18.2 Å². The SMILES string of the molecule is [2H]COc1cc(B2OC(C)(C)C(C)(C)O2)ccc1C=O. The maximum absolute atomic E-state index is 10.9. The lowest BCUT2D eigenvalue weighted by Crippen LogP contribution is -2.41. The van der Waals surface area contributed by atoms with Crippen LogP contribution in [-0.4, -0.2) is 31.7 Å². The van der Waals surface area contributed by atoms with Crippen molar-refractivity contribution in [3.05, 3.63) is 23.8 Å². The molecule has 0 aromatic heterocycles. The minimum absolute atomic E-state index is 0.242. The average Bonchev–Trinajstić information content (AvgIpc) is 2.59. The van der Waals surface area contributed by atoms with E-state index in [9.17, 15) is 4.79 Å². The second-order valence-corrected chi connectivity index (χ2v) is 5.65. The fourth-order valence-electron chi connectivity index (χ4n) is 1.90. The fraction of sp³-hybridized carbons (Fsp3) is 0.500. The molecule has 0 atom stereocenters. The molecule has 0 amide bonds. The van der Waals surface area contributed by atoms with Gasteiger partial charge in [0, 0.05) is 0 Å². The maximum Gasteiger partial charge on any atom is 0.494 e. The number of benzene rings is 1. The summed E-state index contributed by atoms with van der Waals surface area (Å²) in [5, 5.41) is 0. The van der Waals surface area contributed by atoms with E-state index in [1.807, 2.05) is 27.7 Å². The zero-order valence-corrected chi connectivity index (χ0v) is 11.7. The standard InChI is InChI=1S/C14H19BO4/c1-13(2)14(3,4)19-15(18-13)11-7-6-10(9-16)12(8-11)17-5/h6-9H,1-5H3/i5D. The summed E-state index contributed by atoms with van der Waals surface area (Å²) in [6.45, 7) is 7.92. The van der Waals surface area contributed by atoms with Gasteiger partial charge in [-0.3, -0.25) is 4.79 Å². The molecule has 19 heavy (non-hydrogen) atoms. The van der Waals surface area contributed by atoms with E-state index in [0.29, 0.717) is 17.6 Å². The number of ether oxygens (including phenoxy) is 1. The number of aldehydes is 1. The van der Waals surface area contributed by atoms with Gasteiger partial charge in [0.05, 0.1) is 25.2 Å². The molecule has 1 fully saturated rings. The predicted octanol–water partition coefficient (Wildman–Crippen LogP) is 1.81. The molecule has 0 unspecified atom stereocenters. The molecular formula is C14H19BO4. The van der Waals surface area contributed by atoms with Crippen LogP contribution in [0.5, 0.6) is 5.75 Å². The number of hydrogen-bond donors (Lipinski definition) is 0. The normalized spacial score (nSPS) is 21.1. The molecule has 0 saturated carbocycles. The van der Waals surface area contributed by atoms with E-state index >= 15 is 0 Å². The predicted molar refractivity (Wildman–Crippen MR) is 74.1 cm³/mol. The summed E-state index contributed by atoms with van der Waals surface area (Å²) in [6, 6.07) is 5.13. The Hall–Kier alpha value is -1.33. The van der Waals surface area contributed by atoms with Gasteiger partial charge in [-0.05, 0) is 45.3 Å². The van der Waals surface area contributed by atoms with Crippen molar-refractivity contribution < 1.29 is 20.2 Å². The summed E-state index contributed by atoms with van der Waals surface area (Å²) in [6.07, 6.45) is 0.707. The van der Waals surface area contributed by atoms with Gasteiger partial charge in [0.25, 0.3) is 0 Å². The molecule has 0 N–H and O–H groups in total. The summed E-state index contributed by atoms with van der Waals surface area (Å²) in [5.41, 5.74) is 0.352. The number of hydrogen-bond acceptors (Lipinski definition) is 4. The highest BCUT2D eigenvalue weighted by molar-refractivity contribution is 6.62. The average molecular weight is 263 g/mol. The molecule has 4 nitrogen and oxygen atoms in total. The van der Waals surface area contributed by atoms with Crippen molar-refractivity contribution >= 4 is 18.9 Å². The van der Waals surface area contributed by atoms with Crippen LogP contribution in [0.25, 0.3) is 0 Å². The molecule has 1 saturated heterocycles. The third kappa shape index (κ3) is 2.40. The molecule has 1 aliphatic heterocycles. The van der Waals surface area contributed by atoms with Gasteiger partial charge in [-0.1, -0.05) is 6.07 Å². The summed E-state index contributed by atoms with van der Waals surface area (Å²) in [5.74, 6) is 0.377. The van der Waals surface area contributed by atoms with Crippen molar-refractivity contribution in [2.24, 2.45) is 0 Å². The first-order chi connectivity index (χ1) is 9.30. The first kappa shape index (κ1) is 12.7. The van der Waals surface area contributed by atoms with Gasteiger partial charge >= 0.3 is 7.12 Å². The van der Waals surface area contributed by atoms with E-state index < -0.39 is 18.3 Å². The number of rotatable bonds is 3. The van der Waals surface area contributed by atoms with Crippen molar-refractivity contribution in [2.45, 2.75) is 38.9 Å². The highest BCUT2D eigenvalue weighted by Gasteiger charge is 2.51. The Labute approximate surface area is 115 Å². The Balaban J connectivity index is 2.31. The Morgan fingerprint density at radius 1 is 1.26 bits per heavy atom. The van der Waals surface area contributed by atoms with Crippen LogP contribution in [0.3, 0.4) is 0 Å². The molecule has 0 spiro atoms. The van der Waals surface area contributed by atoms with Crippen molar-refractivity contribution in [2.75, 3.05) is 7.09 Å². The summed E-state index contributed by atoms with van der Waals surface area (Å²) in [4.78, 5) is 10.9. The smallest absolute Gasteiger partial charge is 0.494 e. The van der Waals surface area contributed by atoms with Crippen LogP contribution in [0, 0.1) is 0 Å². The molecule has 0 bridgehead atoms. The molecule has 1 aliphatic rings. The molecule has 0 radical (unpaired) electrons. The van der Waals surface area contributed by atoms with Crippen molar-refractivity contribution in [3.63, 3.8) is 0 Å². The summed E-state index contributed by atoms with van der Waals surface area (Å²) >= 11 is 0. The van der Waals surface area contributed by atoms with E-state index in [1.165, 1.54) is 0 Å². The lowest BCUT2D eigenvalue weighted by Gasteiger charge is -2.32. The van der Waals surface area contributed by atoms with Gasteiger partial charge in [0.1, 0.15) is 5.75 Å². The first-order valence-electron chi connectivity index (χ1n) is 6.88. The van der Waals surface area contributed by atoms with E-state index in [4.69, 9.17) is 15.4 Å². The van der Waals surface area contributed by atoms with Crippen LogP contribution >= 0.6 is 0 Å². The van der Waals surface area contributed by atoms with Gasteiger partial charge in [0.2, 0.25) is 0 Å². The zero-order valence-electron chi connectivity index (χ0n) is 12.7. The Bertz CT molecular complexity index is 500. The van der Waals surface area contributed by atoms with Gasteiger partial charge in [0.15, 0.2) is 6.29 Å². The summed E-state index contributed by atoms with van der Waals surface area (Å²) < 4.78 is 24.2. The topological polar surface area (TPSA) is 44.8 Å². The molecule has 1 aromatic rings. The highest BCUT2D eigenvalue weighted by Crippen LogP contribution is 2.36. The molecule has 1 aromatic carbocycles. The van der Waals surface area contributed by atoms with E-state index in [-0.39, 0.29) is 7.09 Å². The van der Waals surface area contributed by atoms with Gasteiger partial charge in [-0.25, -0.2) is 0 Å². The maximum atomic E-state index is 10.9. The number of methoxy groups -OCH3 is 1. The largest absolute Gasteiger partial charge is 0.496 e. The Kier molecular flexibility index (Phi) is 3.11. The summed E-state index contributed by atoms with van der Waals surface area (Å²) in [7, 11) is -0.748. The van der Waals surface area contributed by atoms with Crippen LogP contribution in [0.2, 0.25) is 0 Å². The monoisotopic (exact) mass is 263 g/mol. The third-order valence-electron chi connectivity index (χ3n) is 3.85. The van der Waals surface area contributed by atoms with Crippen LogP contribution < -0.4 is 10.2 Å². The minimum Gasteiger partial charge on any atom is -0.496 e. The Morgan fingerprint density at radius 2 is 1.89 bits per heavy atom. The first-order valence-corrected chi connectivity index (χ1v) is 6.17. The van der Waals surface area contributed by atoms with E-state index in [0.717, 1.165) is 5.46 Å². The second-order valence-electron chi connectivity index (χ2n) is 5.65.